The molecule has 0 aromatic heterocycles. The lowest BCUT2D eigenvalue weighted by Crippen LogP contribution is -2.33. The second-order valence-corrected chi connectivity index (χ2v) is 4.54. The Kier molecular flexibility index (Phi) is 5.01. The molecule has 0 saturated carbocycles. The van der Waals surface area contributed by atoms with E-state index in [1.165, 1.54) is 5.56 Å². The van der Waals surface area contributed by atoms with Crippen LogP contribution in [0.15, 0.2) is 30.3 Å². The van der Waals surface area contributed by atoms with Crippen LogP contribution in [0.4, 0.5) is 0 Å². The minimum absolute atomic E-state index is 0.0890. The van der Waals surface area contributed by atoms with E-state index in [1.807, 2.05) is 13.0 Å². The topological polar surface area (TPSA) is 27.0 Å². The molecule has 86 valence electrons. The van der Waals surface area contributed by atoms with Gasteiger partial charge >= 0.3 is 0 Å². The minimum Gasteiger partial charge on any atom is -0.295 e. The van der Waals surface area contributed by atoms with E-state index < -0.39 is 0 Å². The van der Waals surface area contributed by atoms with Crippen LogP contribution in [0.1, 0.15) is 26.3 Å². The molecule has 0 N–H and O–H groups in total. The summed E-state index contributed by atoms with van der Waals surface area (Å²) in [7, 11) is 0. The predicted molar refractivity (Wildman–Crippen MR) is 66.8 cm³/mol. The molecule has 0 heterocycles. The monoisotopic (exact) mass is 216 g/mol. The van der Waals surface area contributed by atoms with Crippen molar-refractivity contribution in [2.24, 2.45) is 5.92 Å². The van der Waals surface area contributed by atoms with E-state index >= 15 is 0 Å². The van der Waals surface area contributed by atoms with Gasteiger partial charge in [-0.2, -0.15) is 5.26 Å². The summed E-state index contributed by atoms with van der Waals surface area (Å²) < 4.78 is 0. The van der Waals surface area contributed by atoms with Crippen LogP contribution < -0.4 is 0 Å². The van der Waals surface area contributed by atoms with E-state index in [2.05, 4.69) is 49.1 Å². The lowest BCUT2D eigenvalue weighted by molar-refractivity contribution is 0.198. The molecular formula is C14H20N2. The maximum absolute atomic E-state index is 8.85. The third kappa shape index (κ3) is 4.04. The highest BCUT2D eigenvalue weighted by Crippen LogP contribution is 2.10. The van der Waals surface area contributed by atoms with Crippen molar-refractivity contribution >= 4 is 0 Å². The van der Waals surface area contributed by atoms with E-state index in [4.69, 9.17) is 5.26 Å². The van der Waals surface area contributed by atoms with Gasteiger partial charge in [-0.05, 0) is 26.3 Å². The Balaban J connectivity index is 2.62. The van der Waals surface area contributed by atoms with Gasteiger partial charge in [0.25, 0.3) is 0 Å². The molecule has 0 saturated heterocycles. The first kappa shape index (κ1) is 12.7. The number of rotatable bonds is 5. The number of benzene rings is 1. The molecule has 16 heavy (non-hydrogen) atoms. The zero-order valence-electron chi connectivity index (χ0n) is 10.4. The summed E-state index contributed by atoms with van der Waals surface area (Å²) in [5, 5.41) is 8.85. The summed E-state index contributed by atoms with van der Waals surface area (Å²) in [4.78, 5) is 2.34. The van der Waals surface area contributed by atoms with Gasteiger partial charge in [0.1, 0.15) is 0 Å². The predicted octanol–water partition coefficient (Wildman–Crippen LogP) is 3.06. The van der Waals surface area contributed by atoms with Gasteiger partial charge in [-0.25, -0.2) is 0 Å². The van der Waals surface area contributed by atoms with Crippen molar-refractivity contribution in [3.05, 3.63) is 35.9 Å². The third-order valence-electron chi connectivity index (χ3n) is 2.69. The fourth-order valence-corrected chi connectivity index (χ4v) is 1.67. The largest absolute Gasteiger partial charge is 0.295 e. The highest BCUT2D eigenvalue weighted by Gasteiger charge is 2.13. The third-order valence-corrected chi connectivity index (χ3v) is 2.69. The number of hydrogen-bond acceptors (Lipinski definition) is 2. The zero-order valence-corrected chi connectivity index (χ0v) is 10.4. The van der Waals surface area contributed by atoms with Crippen molar-refractivity contribution < 1.29 is 0 Å². The van der Waals surface area contributed by atoms with Crippen molar-refractivity contribution in [1.82, 2.24) is 4.90 Å². The average Bonchev–Trinajstić information content (AvgIpc) is 2.29. The molecule has 0 radical (unpaired) electrons. The maximum atomic E-state index is 8.85. The molecule has 0 amide bonds. The SMILES string of the molecule is CC(C#N)CN(Cc1ccccc1)C(C)C. The van der Waals surface area contributed by atoms with E-state index in [0.717, 1.165) is 13.1 Å². The first-order chi connectivity index (χ1) is 7.63. The van der Waals surface area contributed by atoms with Gasteiger partial charge in [-0.3, -0.25) is 4.90 Å². The Labute approximate surface area is 98.5 Å². The lowest BCUT2D eigenvalue weighted by Gasteiger charge is -2.27. The standard InChI is InChI=1S/C14H20N2/c1-12(2)16(10-13(3)9-15)11-14-7-5-4-6-8-14/h4-8,12-13H,10-11H2,1-3H3. The summed E-state index contributed by atoms with van der Waals surface area (Å²) >= 11 is 0. The molecule has 0 aliphatic carbocycles. The minimum atomic E-state index is 0.0890. The quantitative estimate of drug-likeness (QED) is 0.756. The van der Waals surface area contributed by atoms with Crippen LogP contribution in [0.2, 0.25) is 0 Å². The van der Waals surface area contributed by atoms with E-state index in [1.54, 1.807) is 0 Å². The summed E-state index contributed by atoms with van der Waals surface area (Å²) in [5.74, 6) is 0.0890. The zero-order chi connectivity index (χ0) is 12.0. The van der Waals surface area contributed by atoms with Crippen LogP contribution >= 0.6 is 0 Å². The van der Waals surface area contributed by atoms with Crippen LogP contribution in [0, 0.1) is 17.2 Å². The Bertz CT molecular complexity index is 338. The number of nitriles is 1. The fraction of sp³-hybridized carbons (Fsp3) is 0.500. The Morgan fingerprint density at radius 1 is 1.19 bits per heavy atom. The Morgan fingerprint density at radius 2 is 1.81 bits per heavy atom. The molecule has 0 spiro atoms. The highest BCUT2D eigenvalue weighted by atomic mass is 15.1. The van der Waals surface area contributed by atoms with Crippen LogP contribution in [0.3, 0.4) is 0 Å². The van der Waals surface area contributed by atoms with Gasteiger partial charge < -0.3 is 0 Å². The molecule has 2 nitrogen and oxygen atoms in total. The molecule has 0 aliphatic rings. The molecule has 2 heteroatoms. The molecule has 1 atom stereocenters. The van der Waals surface area contributed by atoms with E-state index in [-0.39, 0.29) is 5.92 Å². The van der Waals surface area contributed by atoms with Gasteiger partial charge in [0.2, 0.25) is 0 Å². The molecular weight excluding hydrogens is 196 g/mol. The van der Waals surface area contributed by atoms with Crippen molar-refractivity contribution in [2.45, 2.75) is 33.4 Å². The summed E-state index contributed by atoms with van der Waals surface area (Å²) in [6, 6.07) is 13.2. The molecule has 0 fully saturated rings. The van der Waals surface area contributed by atoms with Crippen LogP contribution in [0.5, 0.6) is 0 Å². The second-order valence-electron chi connectivity index (χ2n) is 4.54. The molecule has 1 unspecified atom stereocenters. The first-order valence-electron chi connectivity index (χ1n) is 5.81. The van der Waals surface area contributed by atoms with Gasteiger partial charge in [-0.1, -0.05) is 30.3 Å². The van der Waals surface area contributed by atoms with Gasteiger partial charge in [0.15, 0.2) is 0 Å². The molecule has 1 aromatic carbocycles. The van der Waals surface area contributed by atoms with E-state index in [9.17, 15) is 0 Å². The average molecular weight is 216 g/mol. The molecule has 1 aromatic rings. The first-order valence-corrected chi connectivity index (χ1v) is 5.81. The number of hydrogen-bond donors (Lipinski definition) is 0. The smallest absolute Gasteiger partial charge is 0.0666 e. The van der Waals surface area contributed by atoms with E-state index in [0.29, 0.717) is 6.04 Å². The highest BCUT2D eigenvalue weighted by molar-refractivity contribution is 5.14. The molecule has 1 rings (SSSR count). The summed E-state index contributed by atoms with van der Waals surface area (Å²) in [6.45, 7) is 8.08. The van der Waals surface area contributed by atoms with Crippen molar-refractivity contribution in [3.63, 3.8) is 0 Å². The summed E-state index contributed by atoms with van der Waals surface area (Å²) in [5.41, 5.74) is 1.31. The normalized spacial score (nSPS) is 12.8. The Hall–Kier alpha value is -1.33. The van der Waals surface area contributed by atoms with Gasteiger partial charge in [-0.15, -0.1) is 0 Å². The van der Waals surface area contributed by atoms with Crippen molar-refractivity contribution in [2.75, 3.05) is 6.54 Å². The molecule has 0 aliphatic heterocycles. The fourth-order valence-electron chi connectivity index (χ4n) is 1.67. The summed E-state index contributed by atoms with van der Waals surface area (Å²) in [6.07, 6.45) is 0. The lowest BCUT2D eigenvalue weighted by atomic mass is 10.1. The maximum Gasteiger partial charge on any atom is 0.0666 e. The molecule has 0 bridgehead atoms. The number of nitrogens with zero attached hydrogens (tertiary/aromatic N) is 2. The van der Waals surface area contributed by atoms with Crippen LogP contribution in [-0.4, -0.2) is 17.5 Å². The van der Waals surface area contributed by atoms with Crippen molar-refractivity contribution in [1.29, 1.82) is 5.26 Å². The Morgan fingerprint density at radius 3 is 2.31 bits per heavy atom. The second kappa shape index (κ2) is 6.30. The van der Waals surface area contributed by atoms with Crippen LogP contribution in [-0.2, 0) is 6.54 Å². The van der Waals surface area contributed by atoms with Gasteiger partial charge in [0, 0.05) is 19.1 Å². The van der Waals surface area contributed by atoms with Gasteiger partial charge in [0.05, 0.1) is 12.0 Å². The van der Waals surface area contributed by atoms with Crippen molar-refractivity contribution in [3.8, 4) is 6.07 Å². The van der Waals surface area contributed by atoms with Crippen LogP contribution in [0.25, 0.3) is 0 Å².